The molecule has 0 radical (unpaired) electrons. The lowest BCUT2D eigenvalue weighted by molar-refractivity contribution is 0.628. The molecule has 2 aliphatic carbocycles. The first-order valence-electron chi connectivity index (χ1n) is 22.9. The maximum atomic E-state index is 14.2. The Balaban J connectivity index is 0.963. The Morgan fingerprint density at radius 2 is 0.523 bits per heavy atom. The van der Waals surface area contributed by atoms with Crippen LogP contribution in [-0.2, 0) is 10.8 Å². The second-order valence-electron chi connectivity index (χ2n) is 19.3. The summed E-state index contributed by atoms with van der Waals surface area (Å²) in [6.45, 7) is 9.53. The Labute approximate surface area is 379 Å². The number of fused-ring (bicyclic) bond motifs is 10. The zero-order chi connectivity index (χ0) is 43.8. The van der Waals surface area contributed by atoms with E-state index in [-0.39, 0.29) is 16.6 Å². The van der Waals surface area contributed by atoms with Crippen LogP contribution < -0.4 is 0 Å². The molecule has 0 nitrogen and oxygen atoms in total. The predicted octanol–water partition coefficient (Wildman–Crippen LogP) is 17.7. The van der Waals surface area contributed by atoms with Crippen LogP contribution in [0.25, 0.3) is 110 Å². The van der Waals surface area contributed by atoms with E-state index in [0.717, 1.165) is 21.9 Å². The number of hydrogen-bond acceptors (Lipinski definition) is 0. The molecule has 0 atom stereocenters. The van der Waals surface area contributed by atoms with Gasteiger partial charge in [-0.3, -0.25) is 0 Å². The lowest BCUT2D eigenvalue weighted by Crippen LogP contribution is -2.15. The fourth-order valence-corrected chi connectivity index (χ4v) is 12.0. The summed E-state index contributed by atoms with van der Waals surface area (Å²) in [5.41, 5.74) is 20.1. The van der Waals surface area contributed by atoms with Crippen LogP contribution in [0.4, 0.5) is 4.39 Å². The third-order valence-corrected chi connectivity index (χ3v) is 15.1. The molecular weight excluding hydrogens is 788 g/mol. The third kappa shape index (κ3) is 5.36. The van der Waals surface area contributed by atoms with Gasteiger partial charge in [-0.2, -0.15) is 0 Å². The van der Waals surface area contributed by atoms with Gasteiger partial charge in [-0.15, -0.1) is 0 Å². The fraction of sp³-hybridized carbons (Fsp3) is 0.0938. The number of rotatable bonds is 4. The van der Waals surface area contributed by atoms with Crippen molar-refractivity contribution >= 4 is 43.1 Å². The van der Waals surface area contributed by atoms with Gasteiger partial charge in [0.1, 0.15) is 5.82 Å². The van der Waals surface area contributed by atoms with E-state index in [4.69, 9.17) is 0 Å². The maximum Gasteiger partial charge on any atom is 0.123 e. The molecule has 0 spiro atoms. The number of halogens is 1. The summed E-state index contributed by atoms with van der Waals surface area (Å²) in [7, 11) is 0. The average molecular weight is 833 g/mol. The van der Waals surface area contributed by atoms with Crippen LogP contribution in [0.15, 0.2) is 200 Å². The molecule has 0 N–H and O–H groups in total. The van der Waals surface area contributed by atoms with Crippen LogP contribution in [-0.4, -0.2) is 0 Å². The zero-order valence-corrected chi connectivity index (χ0v) is 36.9. The van der Waals surface area contributed by atoms with Crippen molar-refractivity contribution in [3.05, 3.63) is 228 Å². The monoisotopic (exact) mass is 832 g/mol. The van der Waals surface area contributed by atoms with Gasteiger partial charge in [0.25, 0.3) is 0 Å². The minimum Gasteiger partial charge on any atom is -0.207 e. The lowest BCUT2D eigenvalue weighted by atomic mass is 9.79. The van der Waals surface area contributed by atoms with Crippen molar-refractivity contribution < 1.29 is 4.39 Å². The van der Waals surface area contributed by atoms with Gasteiger partial charge >= 0.3 is 0 Å². The highest BCUT2D eigenvalue weighted by Crippen LogP contribution is 2.55. The summed E-state index contributed by atoms with van der Waals surface area (Å²) in [6, 6.07) is 72.8. The normalized spacial score (nSPS) is 14.2. The molecule has 0 heterocycles. The Bertz CT molecular complexity index is 3710. The summed E-state index contributed by atoms with van der Waals surface area (Å²) in [4.78, 5) is 0. The molecule has 2 aliphatic rings. The largest absolute Gasteiger partial charge is 0.207 e. The van der Waals surface area contributed by atoms with Crippen LogP contribution in [0.1, 0.15) is 49.9 Å². The SMILES string of the molecule is CC1(C)c2ccccc2-c2ccc(-c3c4ccccc4c(-c4ccc5c(c4)C(C)(C)c4cc(-c6c7ccccc7c(-c7ccc(F)cc7)c7ccccc67)ccc4-5)c4ccccc34)cc21. The second kappa shape index (κ2) is 13.7. The second-order valence-corrected chi connectivity index (χ2v) is 19.3. The first-order chi connectivity index (χ1) is 31.7. The minimum atomic E-state index is -0.253. The predicted molar refractivity (Wildman–Crippen MR) is 273 cm³/mol. The molecule has 0 bridgehead atoms. The van der Waals surface area contributed by atoms with Gasteiger partial charge in [-0.1, -0.05) is 198 Å². The van der Waals surface area contributed by atoms with E-state index in [1.54, 1.807) is 12.1 Å². The van der Waals surface area contributed by atoms with Crippen molar-refractivity contribution in [2.24, 2.45) is 0 Å². The van der Waals surface area contributed by atoms with Crippen molar-refractivity contribution in [3.8, 4) is 66.8 Å². The third-order valence-electron chi connectivity index (χ3n) is 15.1. The highest BCUT2D eigenvalue weighted by molar-refractivity contribution is 6.23. The van der Waals surface area contributed by atoms with Gasteiger partial charge in [0.05, 0.1) is 0 Å². The van der Waals surface area contributed by atoms with Gasteiger partial charge in [-0.05, 0) is 162 Å². The summed E-state index contributed by atoms with van der Waals surface area (Å²) < 4.78 is 14.2. The van der Waals surface area contributed by atoms with Crippen LogP contribution in [0.5, 0.6) is 0 Å². The molecule has 0 saturated carbocycles. The van der Waals surface area contributed by atoms with E-state index < -0.39 is 0 Å². The van der Waals surface area contributed by atoms with E-state index in [2.05, 4.69) is 204 Å². The Morgan fingerprint density at radius 3 is 0.877 bits per heavy atom. The molecule has 0 amide bonds. The standard InChI is InChI=1S/C64H45F/c1-63(2)55-24-14-13-15-43(55)44-32-27-39(35-56(44)63)61-51-20-9-11-22-53(51)62(54-23-12-10-21-52(54)61)41-29-34-46-45-33-28-40(36-57(45)64(3,4)58(46)37-41)60-49-18-7-5-16-47(49)59(38-25-30-42(65)31-26-38)48-17-6-8-19-50(48)60/h5-37H,1-4H3. The molecule has 13 rings (SSSR count). The van der Waals surface area contributed by atoms with Crippen LogP contribution >= 0.6 is 0 Å². The highest BCUT2D eigenvalue weighted by Gasteiger charge is 2.38. The Morgan fingerprint density at radius 1 is 0.262 bits per heavy atom. The Hall–Kier alpha value is -7.61. The topological polar surface area (TPSA) is 0 Å². The van der Waals surface area contributed by atoms with E-state index in [1.165, 1.54) is 110 Å². The molecule has 0 saturated heterocycles. The van der Waals surface area contributed by atoms with Crippen LogP contribution in [0.2, 0.25) is 0 Å². The van der Waals surface area contributed by atoms with Crippen LogP contribution in [0.3, 0.4) is 0 Å². The number of benzene rings is 11. The van der Waals surface area contributed by atoms with E-state index >= 15 is 0 Å². The Kier molecular flexibility index (Phi) is 7.99. The molecule has 0 aliphatic heterocycles. The first kappa shape index (κ1) is 37.9. The van der Waals surface area contributed by atoms with Crippen molar-refractivity contribution in [1.82, 2.24) is 0 Å². The van der Waals surface area contributed by atoms with Gasteiger partial charge in [0, 0.05) is 10.8 Å². The van der Waals surface area contributed by atoms with E-state index in [9.17, 15) is 4.39 Å². The van der Waals surface area contributed by atoms with Gasteiger partial charge in [-0.25, -0.2) is 4.39 Å². The zero-order valence-electron chi connectivity index (χ0n) is 36.9. The van der Waals surface area contributed by atoms with Gasteiger partial charge < -0.3 is 0 Å². The molecule has 1 heteroatoms. The summed E-state index contributed by atoms with van der Waals surface area (Å²) in [6.07, 6.45) is 0. The minimum absolute atomic E-state index is 0.0829. The summed E-state index contributed by atoms with van der Waals surface area (Å²) in [5, 5.41) is 9.78. The van der Waals surface area contributed by atoms with Crippen molar-refractivity contribution in [1.29, 1.82) is 0 Å². The average Bonchev–Trinajstić information content (AvgIpc) is 3.71. The molecule has 0 unspecified atom stereocenters. The van der Waals surface area contributed by atoms with E-state index in [0.29, 0.717) is 0 Å². The highest BCUT2D eigenvalue weighted by atomic mass is 19.1. The van der Waals surface area contributed by atoms with Gasteiger partial charge in [0.2, 0.25) is 0 Å². The lowest BCUT2D eigenvalue weighted by Gasteiger charge is -2.24. The molecule has 308 valence electrons. The molecule has 0 aromatic heterocycles. The molecule has 0 fully saturated rings. The van der Waals surface area contributed by atoms with Crippen molar-refractivity contribution in [3.63, 3.8) is 0 Å². The molecule has 11 aromatic rings. The summed E-state index contributed by atoms with van der Waals surface area (Å²) in [5.74, 6) is -0.227. The van der Waals surface area contributed by atoms with Crippen LogP contribution in [0, 0.1) is 5.82 Å². The molecule has 65 heavy (non-hydrogen) atoms. The first-order valence-corrected chi connectivity index (χ1v) is 22.9. The van der Waals surface area contributed by atoms with E-state index in [1.807, 2.05) is 12.1 Å². The quantitative estimate of drug-likeness (QED) is 0.155. The van der Waals surface area contributed by atoms with Crippen molar-refractivity contribution in [2.75, 3.05) is 0 Å². The van der Waals surface area contributed by atoms with Gasteiger partial charge in [0.15, 0.2) is 0 Å². The summed E-state index contributed by atoms with van der Waals surface area (Å²) >= 11 is 0. The molecule has 11 aromatic carbocycles. The fourth-order valence-electron chi connectivity index (χ4n) is 12.0. The van der Waals surface area contributed by atoms with Crippen molar-refractivity contribution in [2.45, 2.75) is 38.5 Å². The smallest absolute Gasteiger partial charge is 0.123 e. The molecular formula is C64H45F. The maximum absolute atomic E-state index is 14.2. The number of hydrogen-bond donors (Lipinski definition) is 0.